The van der Waals surface area contributed by atoms with Crippen molar-refractivity contribution >= 4 is 11.8 Å². The van der Waals surface area contributed by atoms with Crippen molar-refractivity contribution in [3.05, 3.63) is 29.8 Å². The largest absolute Gasteiger partial charge is 0.299 e. The van der Waals surface area contributed by atoms with Gasteiger partial charge in [0.1, 0.15) is 0 Å². The summed E-state index contributed by atoms with van der Waals surface area (Å²) in [5, 5.41) is 12.4. The van der Waals surface area contributed by atoms with E-state index < -0.39 is 0 Å². The summed E-state index contributed by atoms with van der Waals surface area (Å²) >= 11 is 1.83. The smallest absolute Gasteiger partial charge is 0.0963 e. The van der Waals surface area contributed by atoms with E-state index in [2.05, 4.69) is 42.6 Å². The van der Waals surface area contributed by atoms with E-state index >= 15 is 0 Å². The lowest BCUT2D eigenvalue weighted by Gasteiger charge is -2.10. The SMILES string of the molecule is Cc1cccc(SCCC(C#N)NC2CC2)c1. The molecule has 1 aliphatic carbocycles. The lowest BCUT2D eigenvalue weighted by molar-refractivity contribution is 0.587. The van der Waals surface area contributed by atoms with Crippen molar-refractivity contribution < 1.29 is 0 Å². The Morgan fingerprint density at radius 3 is 3.00 bits per heavy atom. The van der Waals surface area contributed by atoms with Gasteiger partial charge < -0.3 is 0 Å². The number of hydrogen-bond acceptors (Lipinski definition) is 3. The Morgan fingerprint density at radius 1 is 1.53 bits per heavy atom. The van der Waals surface area contributed by atoms with Gasteiger partial charge in [-0.2, -0.15) is 5.26 Å². The fourth-order valence-electron chi connectivity index (χ4n) is 1.72. The van der Waals surface area contributed by atoms with E-state index in [4.69, 9.17) is 5.26 Å². The number of nitrogens with one attached hydrogen (secondary N) is 1. The van der Waals surface area contributed by atoms with E-state index in [1.54, 1.807) is 0 Å². The van der Waals surface area contributed by atoms with E-state index in [1.807, 2.05) is 11.8 Å². The molecule has 0 amide bonds. The Balaban J connectivity index is 1.72. The number of nitrogens with zero attached hydrogens (tertiary/aromatic N) is 1. The van der Waals surface area contributed by atoms with Crippen LogP contribution in [0.15, 0.2) is 29.2 Å². The Kier molecular flexibility index (Phi) is 4.47. The topological polar surface area (TPSA) is 35.8 Å². The predicted molar refractivity (Wildman–Crippen MR) is 72.1 cm³/mol. The first-order valence-electron chi connectivity index (χ1n) is 6.13. The summed E-state index contributed by atoms with van der Waals surface area (Å²) in [5.41, 5.74) is 1.29. The molecular weight excluding hydrogens is 228 g/mol. The summed E-state index contributed by atoms with van der Waals surface area (Å²) in [4.78, 5) is 1.30. The molecule has 1 aliphatic rings. The summed E-state index contributed by atoms with van der Waals surface area (Å²) in [6.45, 7) is 2.11. The van der Waals surface area contributed by atoms with Crippen LogP contribution >= 0.6 is 11.8 Å². The average molecular weight is 246 g/mol. The zero-order valence-electron chi connectivity index (χ0n) is 10.1. The highest BCUT2D eigenvalue weighted by atomic mass is 32.2. The molecular formula is C14H18N2S. The van der Waals surface area contributed by atoms with Gasteiger partial charge in [-0.05, 0) is 38.3 Å². The Hall–Kier alpha value is -0.980. The molecule has 0 heterocycles. The second-order valence-corrected chi connectivity index (χ2v) is 5.74. The quantitative estimate of drug-likeness (QED) is 0.783. The van der Waals surface area contributed by atoms with Gasteiger partial charge in [-0.15, -0.1) is 11.8 Å². The van der Waals surface area contributed by atoms with Gasteiger partial charge in [0.15, 0.2) is 0 Å². The predicted octanol–water partition coefficient (Wildman–Crippen LogP) is 3.12. The summed E-state index contributed by atoms with van der Waals surface area (Å²) < 4.78 is 0. The first kappa shape index (κ1) is 12.5. The minimum absolute atomic E-state index is 0.0276. The number of nitriles is 1. The molecule has 1 aromatic rings. The maximum Gasteiger partial charge on any atom is 0.0963 e. The van der Waals surface area contributed by atoms with Crippen LogP contribution in [0.5, 0.6) is 0 Å². The lowest BCUT2D eigenvalue weighted by Crippen LogP contribution is -2.29. The number of benzene rings is 1. The third-order valence-corrected chi connectivity index (χ3v) is 3.86. The summed E-state index contributed by atoms with van der Waals surface area (Å²) in [7, 11) is 0. The molecule has 17 heavy (non-hydrogen) atoms. The molecule has 2 nitrogen and oxygen atoms in total. The van der Waals surface area contributed by atoms with Crippen LogP contribution in [0.4, 0.5) is 0 Å². The van der Waals surface area contributed by atoms with Gasteiger partial charge in [0, 0.05) is 16.7 Å². The first-order valence-corrected chi connectivity index (χ1v) is 7.11. The highest BCUT2D eigenvalue weighted by Gasteiger charge is 2.24. The summed E-state index contributed by atoms with van der Waals surface area (Å²) in [6.07, 6.45) is 3.40. The van der Waals surface area contributed by atoms with Gasteiger partial charge in [-0.1, -0.05) is 17.7 Å². The number of hydrogen-bond donors (Lipinski definition) is 1. The molecule has 1 saturated carbocycles. The monoisotopic (exact) mass is 246 g/mol. The number of aryl methyl sites for hydroxylation is 1. The highest BCUT2D eigenvalue weighted by molar-refractivity contribution is 7.99. The molecule has 0 bridgehead atoms. The third kappa shape index (κ3) is 4.41. The summed E-state index contributed by atoms with van der Waals surface area (Å²) in [5.74, 6) is 1.00. The van der Waals surface area contributed by atoms with Crippen LogP contribution in [0.3, 0.4) is 0 Å². The molecule has 1 atom stereocenters. The Morgan fingerprint density at radius 2 is 2.35 bits per heavy atom. The van der Waals surface area contributed by atoms with Gasteiger partial charge in [0.25, 0.3) is 0 Å². The molecule has 1 aromatic carbocycles. The molecule has 0 spiro atoms. The first-order chi connectivity index (χ1) is 8.28. The minimum atomic E-state index is 0.0276. The zero-order chi connectivity index (χ0) is 12.1. The van der Waals surface area contributed by atoms with Crippen LogP contribution in [0, 0.1) is 18.3 Å². The van der Waals surface area contributed by atoms with E-state index in [0.29, 0.717) is 6.04 Å². The second kappa shape index (κ2) is 6.09. The van der Waals surface area contributed by atoms with Crippen LogP contribution in [-0.2, 0) is 0 Å². The van der Waals surface area contributed by atoms with Gasteiger partial charge in [0.2, 0.25) is 0 Å². The van der Waals surface area contributed by atoms with E-state index in [-0.39, 0.29) is 6.04 Å². The van der Waals surface area contributed by atoms with Crippen LogP contribution < -0.4 is 5.32 Å². The molecule has 1 fully saturated rings. The van der Waals surface area contributed by atoms with Crippen LogP contribution in [-0.4, -0.2) is 17.8 Å². The van der Waals surface area contributed by atoms with Crippen molar-refractivity contribution in [2.75, 3.05) is 5.75 Å². The molecule has 0 saturated heterocycles. The Labute approximate surface area is 107 Å². The number of thioether (sulfide) groups is 1. The Bertz CT molecular complexity index is 407. The minimum Gasteiger partial charge on any atom is -0.299 e. The van der Waals surface area contributed by atoms with E-state index in [1.165, 1.54) is 23.3 Å². The van der Waals surface area contributed by atoms with Crippen molar-refractivity contribution in [2.45, 2.75) is 43.2 Å². The fraction of sp³-hybridized carbons (Fsp3) is 0.500. The van der Waals surface area contributed by atoms with Gasteiger partial charge >= 0.3 is 0 Å². The molecule has 0 aliphatic heterocycles. The lowest BCUT2D eigenvalue weighted by atomic mass is 10.2. The van der Waals surface area contributed by atoms with Crippen LogP contribution in [0.2, 0.25) is 0 Å². The van der Waals surface area contributed by atoms with Crippen LogP contribution in [0.25, 0.3) is 0 Å². The summed E-state index contributed by atoms with van der Waals surface area (Å²) in [6, 6.07) is 11.5. The van der Waals surface area contributed by atoms with Crippen molar-refractivity contribution in [1.82, 2.24) is 5.32 Å². The van der Waals surface area contributed by atoms with Gasteiger partial charge in [0.05, 0.1) is 12.1 Å². The molecule has 1 N–H and O–H groups in total. The zero-order valence-corrected chi connectivity index (χ0v) is 11.0. The maximum absolute atomic E-state index is 9.02. The van der Waals surface area contributed by atoms with Crippen molar-refractivity contribution in [3.63, 3.8) is 0 Å². The second-order valence-electron chi connectivity index (χ2n) is 4.58. The standard InChI is InChI=1S/C14H18N2S/c1-11-3-2-4-14(9-11)17-8-7-13(10-15)16-12-5-6-12/h2-4,9,12-13,16H,5-8H2,1H3. The van der Waals surface area contributed by atoms with E-state index in [9.17, 15) is 0 Å². The molecule has 0 aromatic heterocycles. The maximum atomic E-state index is 9.02. The van der Waals surface area contributed by atoms with Gasteiger partial charge in [-0.3, -0.25) is 5.32 Å². The molecule has 3 heteroatoms. The van der Waals surface area contributed by atoms with Crippen LogP contribution in [0.1, 0.15) is 24.8 Å². The molecule has 2 rings (SSSR count). The van der Waals surface area contributed by atoms with Gasteiger partial charge in [-0.25, -0.2) is 0 Å². The number of rotatable bonds is 6. The van der Waals surface area contributed by atoms with E-state index in [0.717, 1.165) is 12.2 Å². The van der Waals surface area contributed by atoms with Crippen molar-refractivity contribution in [3.8, 4) is 6.07 Å². The third-order valence-electron chi connectivity index (χ3n) is 2.83. The average Bonchev–Trinajstić information content (AvgIpc) is 3.12. The fourth-order valence-corrected chi connectivity index (χ4v) is 2.75. The normalized spacial score (nSPS) is 16.5. The highest BCUT2D eigenvalue weighted by Crippen LogP contribution is 2.22. The van der Waals surface area contributed by atoms with Crippen molar-refractivity contribution in [1.29, 1.82) is 5.26 Å². The molecule has 90 valence electrons. The van der Waals surface area contributed by atoms with Crippen molar-refractivity contribution in [2.24, 2.45) is 0 Å². The molecule has 1 unspecified atom stereocenters. The molecule has 0 radical (unpaired) electrons.